The predicted molar refractivity (Wildman–Crippen MR) is 113 cm³/mol. The average molecular weight is 436 g/mol. The van der Waals surface area contributed by atoms with E-state index in [0.717, 1.165) is 39.3 Å². The van der Waals surface area contributed by atoms with E-state index in [9.17, 15) is 15.0 Å². The Morgan fingerprint density at radius 1 is 1.11 bits per heavy atom. The minimum absolute atomic E-state index is 0. The number of piperidine rings is 1. The Kier molecular flexibility index (Phi) is 11.1. The third-order valence-corrected chi connectivity index (χ3v) is 5.32. The molecule has 2 atom stereocenters. The molecule has 1 aromatic rings. The zero-order chi connectivity index (χ0) is 18.4. The molecular weight excluding hydrogens is 405 g/mol. The van der Waals surface area contributed by atoms with E-state index in [1.807, 2.05) is 11.0 Å². The fraction of sp³-hybridized carbons (Fsp3) is 0.632. The Bertz CT molecular complexity index is 568. The van der Waals surface area contributed by atoms with Gasteiger partial charge in [0.2, 0.25) is 0 Å². The topological polar surface area (TPSA) is 85.3 Å². The molecular formula is C19H31Cl2N3O4. The van der Waals surface area contributed by atoms with Gasteiger partial charge in [-0.2, -0.15) is 0 Å². The molecule has 0 amide bonds. The van der Waals surface area contributed by atoms with Crippen molar-refractivity contribution in [1.29, 1.82) is 0 Å². The monoisotopic (exact) mass is 435 g/mol. The van der Waals surface area contributed by atoms with Crippen molar-refractivity contribution in [3.63, 3.8) is 0 Å². The largest absolute Gasteiger partial charge is 0.479 e. The zero-order valence-electron chi connectivity index (χ0n) is 15.9. The molecule has 2 heterocycles. The molecule has 7 nitrogen and oxygen atoms in total. The Labute approximate surface area is 178 Å². The van der Waals surface area contributed by atoms with Crippen LogP contribution in [0.1, 0.15) is 19.3 Å². The molecule has 2 aliphatic rings. The highest BCUT2D eigenvalue weighted by Crippen LogP contribution is 2.18. The lowest BCUT2D eigenvalue weighted by Crippen LogP contribution is -2.55. The van der Waals surface area contributed by atoms with Crippen LogP contribution in [0, 0.1) is 0 Å². The summed E-state index contributed by atoms with van der Waals surface area (Å²) in [7, 11) is 0. The summed E-state index contributed by atoms with van der Waals surface area (Å²) in [5.41, 5.74) is 0. The van der Waals surface area contributed by atoms with Gasteiger partial charge in [-0.3, -0.25) is 9.80 Å². The Hall–Kier alpha value is -1.09. The number of nitrogens with zero attached hydrogens (tertiary/aromatic N) is 2. The van der Waals surface area contributed by atoms with E-state index in [-0.39, 0.29) is 31.2 Å². The van der Waals surface area contributed by atoms with Crippen LogP contribution in [0.25, 0.3) is 0 Å². The normalized spacial score (nSPS) is 21.0. The lowest BCUT2D eigenvalue weighted by molar-refractivity contribution is -0.149. The number of carbonyl (C=O) groups is 1. The number of halogens is 2. The third kappa shape index (κ3) is 7.06. The van der Waals surface area contributed by atoms with E-state index in [1.165, 1.54) is 12.8 Å². The van der Waals surface area contributed by atoms with Crippen molar-refractivity contribution < 1.29 is 19.7 Å². The van der Waals surface area contributed by atoms with Crippen molar-refractivity contribution >= 4 is 30.8 Å². The summed E-state index contributed by atoms with van der Waals surface area (Å²) < 4.78 is 5.55. The molecule has 9 heteroatoms. The molecule has 0 aromatic heterocycles. The SMILES string of the molecule is Cl.Cl.O=C(O)C(CC(O)N1CCN(C2CCNCC2)CC1)Oc1ccccc1. The molecule has 1 aromatic carbocycles. The average Bonchev–Trinajstić information content (AvgIpc) is 2.69. The van der Waals surface area contributed by atoms with Gasteiger partial charge in [-0.25, -0.2) is 4.79 Å². The number of benzene rings is 1. The molecule has 160 valence electrons. The third-order valence-electron chi connectivity index (χ3n) is 5.32. The number of hydrogen-bond donors (Lipinski definition) is 3. The van der Waals surface area contributed by atoms with Gasteiger partial charge in [0.15, 0.2) is 6.10 Å². The van der Waals surface area contributed by atoms with Crippen molar-refractivity contribution in [3.8, 4) is 5.75 Å². The van der Waals surface area contributed by atoms with Crippen LogP contribution in [0.3, 0.4) is 0 Å². The van der Waals surface area contributed by atoms with E-state index in [4.69, 9.17) is 4.74 Å². The summed E-state index contributed by atoms with van der Waals surface area (Å²) in [6, 6.07) is 9.51. The van der Waals surface area contributed by atoms with Crippen molar-refractivity contribution in [2.45, 2.75) is 37.6 Å². The standard InChI is InChI=1S/C19H29N3O4.2ClH/c23-18(14-17(19(24)25)26-16-4-2-1-3-5-16)22-12-10-21(11-13-22)15-6-8-20-9-7-15;;/h1-5,15,17-18,20,23H,6-14H2,(H,24,25);2*1H. The summed E-state index contributed by atoms with van der Waals surface area (Å²) in [6.45, 7) is 5.48. The lowest BCUT2D eigenvalue weighted by Gasteiger charge is -2.42. The first-order chi connectivity index (χ1) is 12.6. The van der Waals surface area contributed by atoms with Crippen LogP contribution < -0.4 is 10.1 Å². The van der Waals surface area contributed by atoms with Gasteiger partial charge in [0, 0.05) is 38.6 Å². The van der Waals surface area contributed by atoms with Gasteiger partial charge in [0.1, 0.15) is 12.0 Å². The van der Waals surface area contributed by atoms with Gasteiger partial charge in [-0.1, -0.05) is 18.2 Å². The van der Waals surface area contributed by atoms with Crippen LogP contribution in [0.4, 0.5) is 0 Å². The zero-order valence-corrected chi connectivity index (χ0v) is 17.5. The number of para-hydroxylation sites is 1. The molecule has 0 aliphatic carbocycles. The second kappa shape index (κ2) is 12.5. The summed E-state index contributed by atoms with van der Waals surface area (Å²) in [4.78, 5) is 16.0. The number of ether oxygens (including phenoxy) is 1. The minimum Gasteiger partial charge on any atom is -0.479 e. The lowest BCUT2D eigenvalue weighted by atomic mass is 10.0. The number of carboxylic acid groups (broad SMARTS) is 1. The van der Waals surface area contributed by atoms with Crippen molar-refractivity contribution in [2.75, 3.05) is 39.3 Å². The number of carboxylic acids is 1. The number of aliphatic carboxylic acids is 1. The Morgan fingerprint density at radius 2 is 1.71 bits per heavy atom. The minimum atomic E-state index is -1.06. The molecule has 0 spiro atoms. The predicted octanol–water partition coefficient (Wildman–Crippen LogP) is 1.44. The molecule has 2 aliphatic heterocycles. The molecule has 28 heavy (non-hydrogen) atoms. The fourth-order valence-corrected chi connectivity index (χ4v) is 3.78. The molecule has 2 fully saturated rings. The maximum Gasteiger partial charge on any atom is 0.345 e. The van der Waals surface area contributed by atoms with E-state index >= 15 is 0 Å². The Balaban J connectivity index is 0.00000196. The van der Waals surface area contributed by atoms with Gasteiger partial charge in [-0.05, 0) is 38.1 Å². The second-order valence-corrected chi connectivity index (χ2v) is 7.03. The van der Waals surface area contributed by atoms with Gasteiger partial charge >= 0.3 is 5.97 Å². The van der Waals surface area contributed by atoms with E-state index in [0.29, 0.717) is 11.8 Å². The number of aliphatic hydroxyl groups excluding tert-OH is 1. The van der Waals surface area contributed by atoms with E-state index < -0.39 is 18.3 Å². The van der Waals surface area contributed by atoms with Crippen LogP contribution in [0.15, 0.2) is 30.3 Å². The number of hydrogen-bond acceptors (Lipinski definition) is 6. The smallest absolute Gasteiger partial charge is 0.345 e. The van der Waals surface area contributed by atoms with Gasteiger partial charge < -0.3 is 20.3 Å². The van der Waals surface area contributed by atoms with Crippen LogP contribution in [0.2, 0.25) is 0 Å². The van der Waals surface area contributed by atoms with Crippen LogP contribution in [-0.4, -0.2) is 83.6 Å². The Morgan fingerprint density at radius 3 is 2.29 bits per heavy atom. The van der Waals surface area contributed by atoms with Crippen molar-refractivity contribution in [1.82, 2.24) is 15.1 Å². The van der Waals surface area contributed by atoms with Crippen molar-refractivity contribution in [2.24, 2.45) is 0 Å². The van der Waals surface area contributed by atoms with Gasteiger partial charge in [-0.15, -0.1) is 24.8 Å². The van der Waals surface area contributed by atoms with E-state index in [2.05, 4.69) is 10.2 Å². The highest BCUT2D eigenvalue weighted by Gasteiger charge is 2.31. The number of aliphatic hydroxyl groups is 1. The van der Waals surface area contributed by atoms with Gasteiger partial charge in [0.25, 0.3) is 0 Å². The molecule has 3 rings (SSSR count). The molecule has 0 radical (unpaired) electrons. The number of piperazine rings is 1. The molecule has 0 bridgehead atoms. The summed E-state index contributed by atoms with van der Waals surface area (Å²) in [5, 5.41) is 23.3. The first-order valence-corrected chi connectivity index (χ1v) is 9.45. The highest BCUT2D eigenvalue weighted by molar-refractivity contribution is 5.85. The summed E-state index contributed by atoms with van der Waals surface area (Å²) >= 11 is 0. The van der Waals surface area contributed by atoms with Gasteiger partial charge in [0.05, 0.1) is 0 Å². The van der Waals surface area contributed by atoms with Crippen molar-refractivity contribution in [3.05, 3.63) is 30.3 Å². The highest BCUT2D eigenvalue weighted by atomic mass is 35.5. The first kappa shape index (κ1) is 24.9. The van der Waals surface area contributed by atoms with Crippen LogP contribution >= 0.6 is 24.8 Å². The molecule has 2 saturated heterocycles. The number of nitrogens with one attached hydrogen (secondary N) is 1. The summed E-state index contributed by atoms with van der Waals surface area (Å²) in [5.74, 6) is -0.552. The second-order valence-electron chi connectivity index (χ2n) is 7.03. The first-order valence-electron chi connectivity index (χ1n) is 9.45. The maximum atomic E-state index is 11.5. The fourth-order valence-electron chi connectivity index (χ4n) is 3.78. The summed E-state index contributed by atoms with van der Waals surface area (Å²) in [6.07, 6.45) is 0.533. The van der Waals surface area contributed by atoms with Crippen LogP contribution in [0.5, 0.6) is 5.75 Å². The quantitative estimate of drug-likeness (QED) is 0.597. The molecule has 0 saturated carbocycles. The van der Waals surface area contributed by atoms with Crippen LogP contribution in [-0.2, 0) is 4.79 Å². The molecule has 2 unspecified atom stereocenters. The number of rotatable bonds is 7. The molecule has 3 N–H and O–H groups in total. The maximum absolute atomic E-state index is 11.5. The van der Waals surface area contributed by atoms with E-state index in [1.54, 1.807) is 24.3 Å².